The minimum atomic E-state index is -1.11. The molecule has 0 aromatic heterocycles. The van der Waals surface area contributed by atoms with Gasteiger partial charge < -0.3 is 5.11 Å². The van der Waals surface area contributed by atoms with E-state index in [-0.39, 0.29) is 5.78 Å². The van der Waals surface area contributed by atoms with Crippen molar-refractivity contribution in [1.29, 1.82) is 0 Å². The lowest BCUT2D eigenvalue weighted by atomic mass is 10.0. The number of likely N-dealkylation sites (N-methyl/N-ethyl adjacent to an activating group) is 1. The van der Waals surface area contributed by atoms with Gasteiger partial charge in [0.2, 0.25) is 0 Å². The number of carboxylic acid groups (broad SMARTS) is 1. The molecular weight excluding hydrogens is 214 g/mol. The molecule has 0 spiro atoms. The molecule has 0 aliphatic carbocycles. The average Bonchev–Trinajstić information content (AvgIpc) is 2.17. The fourth-order valence-corrected chi connectivity index (χ4v) is 2.55. The molecule has 1 unspecified atom stereocenters. The molecule has 1 aromatic carbocycles. The van der Waals surface area contributed by atoms with Crippen molar-refractivity contribution >= 4 is 23.7 Å². The van der Waals surface area contributed by atoms with E-state index in [0.29, 0.717) is 5.56 Å². The summed E-state index contributed by atoms with van der Waals surface area (Å²) < 4.78 is 1.47. The number of carbonyl (C=O) groups is 2. The fourth-order valence-electron chi connectivity index (χ4n) is 1.54. The smallest absolute Gasteiger partial charge is 0.329 e. The average molecular weight is 223 g/mol. The van der Waals surface area contributed by atoms with Crippen LogP contribution in [0, 0.1) is 0 Å². The summed E-state index contributed by atoms with van der Waals surface area (Å²) in [5, 5.41) is 8.93. The number of nitrogens with zero attached hydrogens (tertiary/aromatic N) is 1. The van der Waals surface area contributed by atoms with Gasteiger partial charge in [-0.3, -0.25) is 4.79 Å². The number of hydrogen-bond acceptors (Lipinski definition) is 4. The minimum Gasteiger partial charge on any atom is -0.480 e. The highest BCUT2D eigenvalue weighted by Crippen LogP contribution is 2.33. The Balaban J connectivity index is 2.47. The number of fused-ring (bicyclic) bond motifs is 1. The van der Waals surface area contributed by atoms with Crippen molar-refractivity contribution in [1.82, 2.24) is 4.31 Å². The highest BCUT2D eigenvalue weighted by molar-refractivity contribution is 7.97. The molecule has 0 saturated heterocycles. The van der Waals surface area contributed by atoms with E-state index in [1.165, 1.54) is 16.3 Å². The Kier molecular flexibility index (Phi) is 2.50. The van der Waals surface area contributed by atoms with Gasteiger partial charge in [-0.25, -0.2) is 9.10 Å². The molecule has 2 rings (SSSR count). The van der Waals surface area contributed by atoms with Gasteiger partial charge in [-0.05, 0) is 25.1 Å². The zero-order chi connectivity index (χ0) is 11.0. The summed E-state index contributed by atoms with van der Waals surface area (Å²) in [6, 6.07) is 5.96. The highest BCUT2D eigenvalue weighted by Gasteiger charge is 2.37. The van der Waals surface area contributed by atoms with Crippen molar-refractivity contribution in [3.8, 4) is 0 Å². The second-order valence-corrected chi connectivity index (χ2v) is 4.44. The van der Waals surface area contributed by atoms with Crippen molar-refractivity contribution in [2.24, 2.45) is 0 Å². The van der Waals surface area contributed by atoms with E-state index >= 15 is 0 Å². The number of carbonyl (C=O) groups excluding carboxylic acids is 1. The summed E-state index contributed by atoms with van der Waals surface area (Å²) in [4.78, 5) is 23.5. The minimum absolute atomic E-state index is 0.348. The summed E-state index contributed by atoms with van der Waals surface area (Å²) >= 11 is 1.28. The lowest BCUT2D eigenvalue weighted by Crippen LogP contribution is -2.43. The van der Waals surface area contributed by atoms with Gasteiger partial charge in [0, 0.05) is 10.5 Å². The van der Waals surface area contributed by atoms with Gasteiger partial charge in [0.1, 0.15) is 0 Å². The molecular formula is C10H9NO3S. The van der Waals surface area contributed by atoms with E-state index < -0.39 is 12.0 Å². The molecule has 0 bridgehead atoms. The molecule has 1 aliphatic heterocycles. The number of hydrogen-bond donors (Lipinski definition) is 1. The van der Waals surface area contributed by atoms with Crippen LogP contribution in [-0.4, -0.2) is 34.3 Å². The van der Waals surface area contributed by atoms with Crippen LogP contribution in [0.25, 0.3) is 0 Å². The van der Waals surface area contributed by atoms with Crippen LogP contribution in [0.4, 0.5) is 0 Å². The molecule has 78 valence electrons. The maximum Gasteiger partial charge on any atom is 0.329 e. The first-order valence-electron chi connectivity index (χ1n) is 4.38. The number of carboxylic acids is 1. The van der Waals surface area contributed by atoms with E-state index in [1.807, 2.05) is 12.1 Å². The van der Waals surface area contributed by atoms with Crippen molar-refractivity contribution in [3.63, 3.8) is 0 Å². The summed E-state index contributed by atoms with van der Waals surface area (Å²) in [6.45, 7) is 0. The lowest BCUT2D eigenvalue weighted by molar-refractivity contribution is -0.139. The van der Waals surface area contributed by atoms with Gasteiger partial charge in [0.25, 0.3) is 0 Å². The zero-order valence-corrected chi connectivity index (χ0v) is 8.82. The van der Waals surface area contributed by atoms with E-state index in [9.17, 15) is 9.59 Å². The number of Topliss-reactive ketones (excluding diaryl/α,β-unsaturated/α-hetero) is 1. The SMILES string of the molecule is CN1Sc2ccccc2C(=O)C1C(=O)O. The van der Waals surface area contributed by atoms with Crippen molar-refractivity contribution < 1.29 is 14.7 Å². The predicted octanol–water partition coefficient (Wildman–Crippen LogP) is 1.28. The monoisotopic (exact) mass is 223 g/mol. The second-order valence-electron chi connectivity index (χ2n) is 3.24. The van der Waals surface area contributed by atoms with Crippen LogP contribution in [0.5, 0.6) is 0 Å². The zero-order valence-electron chi connectivity index (χ0n) is 8.01. The Morgan fingerprint density at radius 1 is 1.47 bits per heavy atom. The third-order valence-corrected chi connectivity index (χ3v) is 3.29. The molecule has 1 aliphatic rings. The Morgan fingerprint density at radius 3 is 2.80 bits per heavy atom. The molecule has 1 N–H and O–H groups in total. The van der Waals surface area contributed by atoms with Crippen LogP contribution in [0.15, 0.2) is 29.2 Å². The highest BCUT2D eigenvalue weighted by atomic mass is 32.2. The van der Waals surface area contributed by atoms with E-state index in [0.717, 1.165) is 4.90 Å². The van der Waals surface area contributed by atoms with Crippen LogP contribution in [0.1, 0.15) is 10.4 Å². The van der Waals surface area contributed by atoms with E-state index in [1.54, 1.807) is 19.2 Å². The molecule has 4 nitrogen and oxygen atoms in total. The Hall–Kier alpha value is -1.33. The Labute approximate surface area is 91.0 Å². The number of benzene rings is 1. The van der Waals surface area contributed by atoms with E-state index in [2.05, 4.69) is 0 Å². The number of aliphatic carboxylic acids is 1. The quantitative estimate of drug-likeness (QED) is 0.574. The molecule has 15 heavy (non-hydrogen) atoms. The molecule has 0 fully saturated rings. The topological polar surface area (TPSA) is 57.6 Å². The van der Waals surface area contributed by atoms with Gasteiger partial charge in [0.15, 0.2) is 11.8 Å². The molecule has 1 atom stereocenters. The molecule has 0 radical (unpaired) electrons. The fraction of sp³-hybridized carbons (Fsp3) is 0.200. The van der Waals surface area contributed by atoms with Crippen LogP contribution in [0.2, 0.25) is 0 Å². The standard InChI is InChI=1S/C10H9NO3S/c1-11-8(10(13)14)9(12)6-4-2-3-5-7(6)15-11/h2-5,8H,1H3,(H,13,14). The third-order valence-electron chi connectivity index (χ3n) is 2.24. The first-order valence-corrected chi connectivity index (χ1v) is 5.15. The van der Waals surface area contributed by atoms with Crippen LogP contribution in [0.3, 0.4) is 0 Å². The maximum absolute atomic E-state index is 11.8. The molecule has 1 heterocycles. The van der Waals surface area contributed by atoms with Crippen LogP contribution >= 0.6 is 11.9 Å². The number of ketones is 1. The van der Waals surface area contributed by atoms with Gasteiger partial charge >= 0.3 is 5.97 Å². The second kappa shape index (κ2) is 3.67. The maximum atomic E-state index is 11.8. The van der Waals surface area contributed by atoms with Crippen LogP contribution in [-0.2, 0) is 4.79 Å². The predicted molar refractivity (Wildman–Crippen MR) is 55.8 cm³/mol. The van der Waals surface area contributed by atoms with Crippen molar-refractivity contribution in [2.45, 2.75) is 10.9 Å². The Morgan fingerprint density at radius 2 is 2.13 bits per heavy atom. The van der Waals surface area contributed by atoms with Gasteiger partial charge in [-0.2, -0.15) is 0 Å². The Bertz CT molecular complexity index is 432. The summed E-state index contributed by atoms with van der Waals surface area (Å²) in [6.07, 6.45) is 0. The molecule has 5 heteroatoms. The van der Waals surface area contributed by atoms with Gasteiger partial charge in [-0.1, -0.05) is 18.2 Å². The van der Waals surface area contributed by atoms with Crippen molar-refractivity contribution in [3.05, 3.63) is 29.8 Å². The molecule has 0 saturated carbocycles. The largest absolute Gasteiger partial charge is 0.480 e. The summed E-state index contributed by atoms with van der Waals surface area (Å²) in [5.41, 5.74) is 0.494. The van der Waals surface area contributed by atoms with Crippen molar-refractivity contribution in [2.75, 3.05) is 7.05 Å². The van der Waals surface area contributed by atoms with Gasteiger partial charge in [0.05, 0.1) is 0 Å². The first kappa shape index (κ1) is 10.2. The van der Waals surface area contributed by atoms with Crippen LogP contribution < -0.4 is 0 Å². The number of rotatable bonds is 1. The third kappa shape index (κ3) is 1.64. The van der Waals surface area contributed by atoms with Gasteiger partial charge in [-0.15, -0.1) is 0 Å². The molecule has 0 amide bonds. The first-order chi connectivity index (χ1) is 7.11. The van der Waals surface area contributed by atoms with E-state index in [4.69, 9.17) is 5.11 Å². The summed E-state index contributed by atoms with van der Waals surface area (Å²) in [7, 11) is 1.61. The normalized spacial score (nSPS) is 21.1. The molecule has 1 aromatic rings. The lowest BCUT2D eigenvalue weighted by Gasteiger charge is -2.28. The summed E-state index contributed by atoms with van der Waals surface area (Å²) in [5.74, 6) is -1.45.